The molecule has 2 aromatic carbocycles. The molecular weight excluding hydrogens is 397 g/mol. The van der Waals surface area contributed by atoms with Gasteiger partial charge in [0.05, 0.1) is 6.20 Å². The number of aromatic nitrogens is 1. The van der Waals surface area contributed by atoms with E-state index in [1.54, 1.807) is 24.4 Å². The second kappa shape index (κ2) is 10.7. The molecule has 0 aliphatic heterocycles. The van der Waals surface area contributed by atoms with Gasteiger partial charge in [0.25, 0.3) is 0 Å². The van der Waals surface area contributed by atoms with Gasteiger partial charge in [0, 0.05) is 31.4 Å². The number of hydrogen-bond acceptors (Lipinski definition) is 4. The predicted molar refractivity (Wildman–Crippen MR) is 117 cm³/mol. The van der Waals surface area contributed by atoms with Gasteiger partial charge in [-0.3, -0.25) is 14.6 Å². The van der Waals surface area contributed by atoms with E-state index in [1.165, 1.54) is 37.4 Å². The van der Waals surface area contributed by atoms with Crippen molar-refractivity contribution in [2.75, 3.05) is 11.9 Å². The molecule has 1 aromatic heterocycles. The number of halogens is 1. The number of carbonyl (C=O) groups excluding carboxylic acids is 2. The molecule has 0 radical (unpaired) electrons. The minimum absolute atomic E-state index is 0.0825. The van der Waals surface area contributed by atoms with Crippen LogP contribution in [-0.2, 0) is 16.0 Å². The quantitative estimate of drug-likeness (QED) is 0.532. The lowest BCUT2D eigenvalue weighted by Crippen LogP contribution is -2.23. The van der Waals surface area contributed by atoms with Crippen LogP contribution in [0.4, 0.5) is 10.1 Å². The second-order valence-corrected chi connectivity index (χ2v) is 6.73. The van der Waals surface area contributed by atoms with E-state index in [0.717, 1.165) is 11.3 Å². The maximum absolute atomic E-state index is 14.2. The van der Waals surface area contributed by atoms with Gasteiger partial charge in [0.2, 0.25) is 11.8 Å². The molecule has 0 saturated heterocycles. The van der Waals surface area contributed by atoms with E-state index < -0.39 is 5.82 Å². The molecule has 3 rings (SSSR count). The summed E-state index contributed by atoms with van der Waals surface area (Å²) >= 11 is 0. The lowest BCUT2D eigenvalue weighted by molar-refractivity contribution is -0.116. The molecule has 158 valence electrons. The third-order valence-corrected chi connectivity index (χ3v) is 4.23. The van der Waals surface area contributed by atoms with Crippen LogP contribution < -0.4 is 15.4 Å². The van der Waals surface area contributed by atoms with E-state index in [4.69, 9.17) is 4.74 Å². The van der Waals surface area contributed by atoms with Gasteiger partial charge in [0.15, 0.2) is 11.6 Å². The first-order valence-electron chi connectivity index (χ1n) is 9.69. The molecule has 0 unspecified atom stereocenters. The number of amides is 2. The number of nitrogens with zero attached hydrogens (tertiary/aromatic N) is 1. The molecule has 2 amide bonds. The Morgan fingerprint density at radius 3 is 2.61 bits per heavy atom. The van der Waals surface area contributed by atoms with Crippen LogP contribution >= 0.6 is 0 Å². The van der Waals surface area contributed by atoms with Crippen LogP contribution in [0.5, 0.6) is 11.5 Å². The molecule has 0 spiro atoms. The Balaban J connectivity index is 1.47. The third-order valence-electron chi connectivity index (χ3n) is 4.23. The van der Waals surface area contributed by atoms with E-state index in [0.29, 0.717) is 24.3 Å². The molecule has 1 heterocycles. The number of nitrogens with one attached hydrogen (secondary N) is 2. The van der Waals surface area contributed by atoms with Crippen LogP contribution in [0.15, 0.2) is 73.1 Å². The minimum Gasteiger partial charge on any atom is -0.453 e. The highest BCUT2D eigenvalue weighted by molar-refractivity contribution is 5.91. The normalized spacial score (nSPS) is 10.6. The summed E-state index contributed by atoms with van der Waals surface area (Å²) < 4.78 is 19.7. The number of benzene rings is 2. The van der Waals surface area contributed by atoms with Crippen molar-refractivity contribution in [1.82, 2.24) is 10.3 Å². The first kappa shape index (κ1) is 21.7. The molecule has 7 heteroatoms. The third kappa shape index (κ3) is 7.08. The SMILES string of the molecule is CC(=O)Nc1ccc(CCNC(=O)/C=C/c2ccc(Oc3cccnc3)c(F)c2)cc1. The molecule has 0 fully saturated rings. The molecule has 6 nitrogen and oxygen atoms in total. The lowest BCUT2D eigenvalue weighted by Gasteiger charge is -2.07. The van der Waals surface area contributed by atoms with Gasteiger partial charge in [-0.05, 0) is 60.0 Å². The Bertz CT molecular complexity index is 1070. The fraction of sp³-hybridized carbons (Fsp3) is 0.125. The summed E-state index contributed by atoms with van der Waals surface area (Å²) in [5.74, 6) is -0.407. The lowest BCUT2D eigenvalue weighted by atomic mass is 10.1. The van der Waals surface area contributed by atoms with Crippen molar-refractivity contribution >= 4 is 23.6 Å². The Kier molecular flexibility index (Phi) is 7.48. The van der Waals surface area contributed by atoms with Crippen LogP contribution in [0.2, 0.25) is 0 Å². The summed E-state index contributed by atoms with van der Waals surface area (Å²) in [7, 11) is 0. The maximum atomic E-state index is 14.2. The smallest absolute Gasteiger partial charge is 0.244 e. The van der Waals surface area contributed by atoms with Crippen molar-refractivity contribution in [3.05, 3.63) is 90.0 Å². The largest absolute Gasteiger partial charge is 0.453 e. The van der Waals surface area contributed by atoms with Crippen molar-refractivity contribution in [3.8, 4) is 11.5 Å². The van der Waals surface area contributed by atoms with Gasteiger partial charge in [-0.1, -0.05) is 18.2 Å². The molecule has 0 bridgehead atoms. The summed E-state index contributed by atoms with van der Waals surface area (Å²) in [5, 5.41) is 5.49. The summed E-state index contributed by atoms with van der Waals surface area (Å²) in [5.41, 5.74) is 2.30. The molecule has 3 aromatic rings. The molecule has 0 aliphatic rings. The van der Waals surface area contributed by atoms with Crippen molar-refractivity contribution < 1.29 is 18.7 Å². The molecule has 0 aliphatic carbocycles. The zero-order valence-electron chi connectivity index (χ0n) is 17.0. The summed E-state index contributed by atoms with van der Waals surface area (Å²) in [6.07, 6.45) is 6.64. The second-order valence-electron chi connectivity index (χ2n) is 6.73. The Morgan fingerprint density at radius 2 is 1.94 bits per heavy atom. The van der Waals surface area contributed by atoms with Crippen LogP contribution in [0.1, 0.15) is 18.1 Å². The van der Waals surface area contributed by atoms with Crippen molar-refractivity contribution in [2.24, 2.45) is 0 Å². The zero-order chi connectivity index (χ0) is 22.1. The van der Waals surface area contributed by atoms with Gasteiger partial charge in [0.1, 0.15) is 5.75 Å². The van der Waals surface area contributed by atoms with E-state index in [9.17, 15) is 14.0 Å². The molecule has 0 saturated carbocycles. The number of rotatable bonds is 8. The van der Waals surface area contributed by atoms with Gasteiger partial charge < -0.3 is 15.4 Å². The van der Waals surface area contributed by atoms with E-state index in [1.807, 2.05) is 24.3 Å². The molecule has 0 atom stereocenters. The minimum atomic E-state index is -0.533. The van der Waals surface area contributed by atoms with Gasteiger partial charge in [-0.2, -0.15) is 0 Å². The van der Waals surface area contributed by atoms with E-state index in [-0.39, 0.29) is 17.6 Å². The summed E-state index contributed by atoms with van der Waals surface area (Å²) in [6, 6.07) is 15.3. The van der Waals surface area contributed by atoms with Gasteiger partial charge >= 0.3 is 0 Å². The number of hydrogen-bond donors (Lipinski definition) is 2. The molecular formula is C24H22FN3O3. The van der Waals surface area contributed by atoms with Crippen molar-refractivity contribution in [1.29, 1.82) is 0 Å². The van der Waals surface area contributed by atoms with Crippen LogP contribution in [0.25, 0.3) is 6.08 Å². The van der Waals surface area contributed by atoms with E-state index in [2.05, 4.69) is 15.6 Å². The van der Waals surface area contributed by atoms with Gasteiger partial charge in [-0.25, -0.2) is 4.39 Å². The highest BCUT2D eigenvalue weighted by Crippen LogP contribution is 2.24. The van der Waals surface area contributed by atoms with Crippen LogP contribution in [0, 0.1) is 5.82 Å². The molecule has 31 heavy (non-hydrogen) atoms. The first-order valence-corrected chi connectivity index (χ1v) is 9.69. The first-order chi connectivity index (χ1) is 15.0. The number of pyridine rings is 1. The average molecular weight is 419 g/mol. The summed E-state index contributed by atoms with van der Waals surface area (Å²) in [6.45, 7) is 1.91. The predicted octanol–water partition coefficient (Wildman–Crippen LogP) is 4.34. The number of ether oxygens (including phenoxy) is 1. The Hall–Kier alpha value is -4.00. The van der Waals surface area contributed by atoms with Crippen LogP contribution in [-0.4, -0.2) is 23.3 Å². The number of anilines is 1. The van der Waals surface area contributed by atoms with Crippen molar-refractivity contribution in [2.45, 2.75) is 13.3 Å². The van der Waals surface area contributed by atoms with Gasteiger partial charge in [-0.15, -0.1) is 0 Å². The zero-order valence-corrected chi connectivity index (χ0v) is 17.0. The van der Waals surface area contributed by atoms with E-state index >= 15 is 0 Å². The number of carbonyl (C=O) groups is 2. The molecule has 2 N–H and O–H groups in total. The average Bonchev–Trinajstić information content (AvgIpc) is 2.75. The summed E-state index contributed by atoms with van der Waals surface area (Å²) in [4.78, 5) is 26.9. The highest BCUT2D eigenvalue weighted by atomic mass is 19.1. The maximum Gasteiger partial charge on any atom is 0.244 e. The standard InChI is InChI=1S/C24H22FN3O3/c1-17(29)28-20-8-4-18(5-9-20)12-14-27-24(30)11-7-19-6-10-23(22(25)15-19)31-21-3-2-13-26-16-21/h2-11,13,15-16H,12,14H2,1H3,(H,27,30)(H,28,29)/b11-7+. The topological polar surface area (TPSA) is 80.3 Å². The highest BCUT2D eigenvalue weighted by Gasteiger charge is 2.06. The fourth-order valence-electron chi connectivity index (χ4n) is 2.76. The van der Waals surface area contributed by atoms with Crippen molar-refractivity contribution in [3.63, 3.8) is 0 Å². The monoisotopic (exact) mass is 419 g/mol. The Morgan fingerprint density at radius 1 is 1.13 bits per heavy atom. The van der Waals surface area contributed by atoms with Crippen LogP contribution in [0.3, 0.4) is 0 Å². The fourth-order valence-corrected chi connectivity index (χ4v) is 2.76. The Labute approximate surface area is 179 Å².